The molecule has 0 saturated carbocycles. The van der Waals surface area contributed by atoms with E-state index in [4.69, 9.17) is 0 Å². The number of hydrogen-bond donors (Lipinski definition) is 0. The second-order valence-electron chi connectivity index (χ2n) is 10.8. The van der Waals surface area contributed by atoms with Crippen molar-refractivity contribution < 1.29 is 0 Å². The van der Waals surface area contributed by atoms with Crippen molar-refractivity contribution in [2.75, 3.05) is 19.6 Å². The van der Waals surface area contributed by atoms with E-state index in [1.54, 1.807) is 0 Å². The second kappa shape index (κ2) is 10.0. The number of thiophene rings is 4. The van der Waals surface area contributed by atoms with E-state index < -0.39 is 0 Å². The lowest BCUT2D eigenvalue weighted by atomic mass is 10.2. The summed E-state index contributed by atoms with van der Waals surface area (Å²) in [5, 5.41) is 5.06. The first kappa shape index (κ1) is 26.1. The van der Waals surface area contributed by atoms with Crippen molar-refractivity contribution in [2.45, 2.75) is 40.0 Å². The van der Waals surface area contributed by atoms with Gasteiger partial charge in [-0.25, -0.2) is 0 Å². The molecule has 0 unspecified atom stereocenters. The van der Waals surface area contributed by atoms with Crippen LogP contribution in [0, 0.1) is 27.7 Å². The molecule has 0 N–H and O–H groups in total. The van der Waals surface area contributed by atoms with Crippen LogP contribution >= 0.6 is 45.3 Å². The van der Waals surface area contributed by atoms with E-state index in [2.05, 4.69) is 144 Å². The van der Waals surface area contributed by atoms with Gasteiger partial charge >= 0.3 is 0 Å². The third kappa shape index (κ3) is 4.04. The molecule has 0 fully saturated rings. The van der Waals surface area contributed by atoms with Crippen LogP contribution in [0.2, 0.25) is 0 Å². The molecule has 0 saturated heterocycles. The molecular formula is C34H30N4S4. The van der Waals surface area contributed by atoms with Crippen molar-refractivity contribution in [3.05, 3.63) is 117 Å². The van der Waals surface area contributed by atoms with Crippen molar-refractivity contribution in [2.24, 2.45) is 0 Å². The van der Waals surface area contributed by atoms with Crippen LogP contribution < -0.4 is 19.6 Å². The molecule has 0 spiro atoms. The summed E-state index contributed by atoms with van der Waals surface area (Å²) in [6.07, 6.45) is -0.0913. The zero-order chi connectivity index (χ0) is 28.5. The fraction of sp³-hybridized carbons (Fsp3) is 0.176. The van der Waals surface area contributed by atoms with Crippen LogP contribution in [0.25, 0.3) is 0 Å². The fourth-order valence-corrected chi connectivity index (χ4v) is 9.91. The highest BCUT2D eigenvalue weighted by atomic mass is 32.1. The van der Waals surface area contributed by atoms with Crippen LogP contribution in [0.3, 0.4) is 0 Å². The minimum atomic E-state index is -0.0456. The van der Waals surface area contributed by atoms with Gasteiger partial charge in [0.15, 0.2) is 12.3 Å². The Hall–Kier alpha value is -3.56. The maximum Gasteiger partial charge on any atom is 0.152 e. The van der Waals surface area contributed by atoms with Crippen molar-refractivity contribution in [1.82, 2.24) is 0 Å². The number of fused-ring (bicyclic) bond motifs is 2. The lowest BCUT2D eigenvalue weighted by Gasteiger charge is -2.43. The summed E-state index contributed by atoms with van der Waals surface area (Å²) in [5.41, 5.74) is 4.99. The van der Waals surface area contributed by atoms with Crippen molar-refractivity contribution in [3.63, 3.8) is 0 Å². The molecule has 8 rings (SSSR count). The molecule has 210 valence electrons. The van der Waals surface area contributed by atoms with Crippen LogP contribution in [-0.4, -0.2) is 12.3 Å². The maximum absolute atomic E-state index is 2.60. The lowest BCUT2D eigenvalue weighted by Crippen LogP contribution is -2.57. The van der Waals surface area contributed by atoms with Crippen molar-refractivity contribution in [1.29, 1.82) is 0 Å². The van der Waals surface area contributed by atoms with Crippen LogP contribution in [0.4, 0.5) is 42.8 Å². The number of hydrogen-bond acceptors (Lipinski definition) is 8. The van der Waals surface area contributed by atoms with Gasteiger partial charge in [0, 0.05) is 19.5 Å². The zero-order valence-electron chi connectivity index (χ0n) is 23.8. The summed E-state index contributed by atoms with van der Waals surface area (Å²) in [6, 6.07) is 36.1. The van der Waals surface area contributed by atoms with E-state index in [1.807, 2.05) is 45.3 Å². The molecule has 0 amide bonds. The minimum absolute atomic E-state index is 0.0456. The van der Waals surface area contributed by atoms with Gasteiger partial charge in [-0.2, -0.15) is 0 Å². The predicted molar refractivity (Wildman–Crippen MR) is 185 cm³/mol. The third-order valence-corrected chi connectivity index (χ3v) is 12.0. The van der Waals surface area contributed by atoms with Crippen LogP contribution in [-0.2, 0) is 0 Å². The molecular weight excluding hydrogens is 593 g/mol. The smallest absolute Gasteiger partial charge is 0.152 e. The molecule has 6 aromatic rings. The SMILES string of the molecule is Cc1ccc(N2c3ccccc3N(c3ccc(C)s3)C2C2N(c3ccc(C)s3)c3ccccc3N2c2ccc(C)s2)s1. The molecule has 4 nitrogen and oxygen atoms in total. The maximum atomic E-state index is 2.60. The Morgan fingerprint density at radius 2 is 0.595 bits per heavy atom. The Balaban J connectivity index is 1.43. The topological polar surface area (TPSA) is 13.0 Å². The Kier molecular flexibility index (Phi) is 6.23. The molecule has 8 heteroatoms. The number of aryl methyl sites for hydroxylation is 4. The van der Waals surface area contributed by atoms with Gasteiger partial charge in [0.1, 0.15) is 0 Å². The number of nitrogens with zero attached hydrogens (tertiary/aromatic N) is 4. The van der Waals surface area contributed by atoms with E-state index in [9.17, 15) is 0 Å². The van der Waals surface area contributed by atoms with Gasteiger partial charge < -0.3 is 19.6 Å². The molecule has 0 radical (unpaired) electrons. The summed E-state index contributed by atoms with van der Waals surface area (Å²) < 4.78 is 0. The number of para-hydroxylation sites is 4. The summed E-state index contributed by atoms with van der Waals surface area (Å²) in [4.78, 5) is 15.7. The van der Waals surface area contributed by atoms with Crippen molar-refractivity contribution >= 4 is 88.1 Å². The van der Waals surface area contributed by atoms with E-state index >= 15 is 0 Å². The summed E-state index contributed by atoms with van der Waals surface area (Å²) in [6.45, 7) is 8.83. The van der Waals surface area contributed by atoms with Crippen molar-refractivity contribution in [3.8, 4) is 0 Å². The highest BCUT2D eigenvalue weighted by Gasteiger charge is 2.52. The summed E-state index contributed by atoms with van der Waals surface area (Å²) in [5.74, 6) is 0. The lowest BCUT2D eigenvalue weighted by molar-refractivity contribution is 0.556. The average molecular weight is 623 g/mol. The molecule has 0 aliphatic carbocycles. The number of benzene rings is 2. The Labute approximate surface area is 262 Å². The molecule has 6 heterocycles. The molecule has 0 atom stereocenters. The quantitative estimate of drug-likeness (QED) is 0.190. The molecule has 2 aliphatic rings. The molecule has 2 aromatic carbocycles. The van der Waals surface area contributed by atoms with Crippen LogP contribution in [0.15, 0.2) is 97.1 Å². The van der Waals surface area contributed by atoms with E-state index in [1.165, 1.54) is 62.3 Å². The third-order valence-electron chi connectivity index (χ3n) is 7.98. The van der Waals surface area contributed by atoms with E-state index in [0.717, 1.165) is 0 Å². The van der Waals surface area contributed by atoms with Gasteiger partial charge in [-0.3, -0.25) is 0 Å². The van der Waals surface area contributed by atoms with Crippen LogP contribution in [0.1, 0.15) is 19.5 Å². The Bertz CT molecular complexity index is 1640. The standard InChI is InChI=1S/C34H30N4S4/c1-21-13-17-29(39-21)35-25-9-5-6-10-26(25)36(30-18-14-22(2)40-30)33(35)34-37(31-19-15-23(3)41-31)27-11-7-8-12-28(27)38(34)32-20-16-24(4)42-32/h5-20,33-34H,1-4H3. The molecule has 42 heavy (non-hydrogen) atoms. The summed E-state index contributed by atoms with van der Waals surface area (Å²) >= 11 is 7.48. The molecule has 0 bridgehead atoms. The Morgan fingerprint density at radius 3 is 0.786 bits per heavy atom. The monoisotopic (exact) mass is 622 g/mol. The fourth-order valence-electron chi connectivity index (χ4n) is 6.28. The average Bonchev–Trinajstić information content (AvgIpc) is 3.82. The highest BCUT2D eigenvalue weighted by Crippen LogP contribution is 2.58. The highest BCUT2D eigenvalue weighted by molar-refractivity contribution is 7.17. The molecule has 4 aromatic heterocycles. The van der Waals surface area contributed by atoms with E-state index in [0.29, 0.717) is 0 Å². The molecule has 2 aliphatic heterocycles. The number of rotatable bonds is 5. The van der Waals surface area contributed by atoms with Crippen LogP contribution in [0.5, 0.6) is 0 Å². The predicted octanol–water partition coefficient (Wildman–Crippen LogP) is 11.1. The van der Waals surface area contributed by atoms with Gasteiger partial charge in [0.2, 0.25) is 0 Å². The van der Waals surface area contributed by atoms with Gasteiger partial charge in [-0.15, -0.1) is 45.3 Å². The van der Waals surface area contributed by atoms with Gasteiger partial charge in [-0.1, -0.05) is 24.3 Å². The van der Waals surface area contributed by atoms with Gasteiger partial charge in [-0.05, 0) is 100 Å². The first-order valence-electron chi connectivity index (χ1n) is 14.1. The normalized spacial score (nSPS) is 15.2. The summed E-state index contributed by atoms with van der Waals surface area (Å²) in [7, 11) is 0. The van der Waals surface area contributed by atoms with Gasteiger partial charge in [0.25, 0.3) is 0 Å². The minimum Gasteiger partial charge on any atom is -0.306 e. The first-order valence-corrected chi connectivity index (χ1v) is 17.4. The number of anilines is 8. The Morgan fingerprint density at radius 1 is 0.357 bits per heavy atom. The first-order chi connectivity index (χ1) is 20.5. The largest absolute Gasteiger partial charge is 0.306 e. The zero-order valence-corrected chi connectivity index (χ0v) is 27.1. The second-order valence-corrected chi connectivity index (χ2v) is 15.9. The van der Waals surface area contributed by atoms with E-state index in [-0.39, 0.29) is 12.3 Å². The van der Waals surface area contributed by atoms with Gasteiger partial charge in [0.05, 0.1) is 42.8 Å².